The first-order valence-corrected chi connectivity index (χ1v) is 8.36. The highest BCUT2D eigenvalue weighted by molar-refractivity contribution is 7.90. The fraction of sp³-hybridized carbons (Fsp3) is 0.615. The Morgan fingerprint density at radius 1 is 1.56 bits per heavy atom. The zero-order valence-electron chi connectivity index (χ0n) is 10.9. The number of fused-ring (bicyclic) bond motifs is 1. The highest BCUT2D eigenvalue weighted by atomic mass is 32.2. The lowest BCUT2D eigenvalue weighted by molar-refractivity contribution is 0.427. The fourth-order valence-corrected chi connectivity index (χ4v) is 3.82. The molecule has 1 N–H and O–H groups in total. The first-order valence-electron chi connectivity index (χ1n) is 6.30. The van der Waals surface area contributed by atoms with Gasteiger partial charge in [0.2, 0.25) is 0 Å². The van der Waals surface area contributed by atoms with Crippen molar-refractivity contribution in [3.05, 3.63) is 29.6 Å². The average molecular weight is 268 g/mol. The van der Waals surface area contributed by atoms with Crippen LogP contribution in [0.2, 0.25) is 0 Å². The Bertz CT molecular complexity index is 513. The molecule has 4 nitrogen and oxygen atoms in total. The van der Waals surface area contributed by atoms with Gasteiger partial charge >= 0.3 is 0 Å². The lowest BCUT2D eigenvalue weighted by Gasteiger charge is -2.30. The normalized spacial score (nSPS) is 21.3. The maximum atomic E-state index is 11.5. The number of sulfone groups is 1. The van der Waals surface area contributed by atoms with Gasteiger partial charge in [-0.15, -0.1) is 0 Å². The quantitative estimate of drug-likeness (QED) is 0.889. The fourth-order valence-electron chi connectivity index (χ4n) is 2.76. The van der Waals surface area contributed by atoms with E-state index in [1.54, 1.807) is 6.20 Å². The van der Waals surface area contributed by atoms with Crippen LogP contribution in [0, 0.1) is 0 Å². The van der Waals surface area contributed by atoms with Crippen molar-refractivity contribution in [2.75, 3.05) is 19.1 Å². The molecule has 1 aliphatic rings. The highest BCUT2D eigenvalue weighted by Gasteiger charge is 2.30. The Balaban J connectivity index is 2.28. The zero-order chi connectivity index (χ0) is 13.2. The van der Waals surface area contributed by atoms with E-state index in [2.05, 4.69) is 16.4 Å². The van der Waals surface area contributed by atoms with Gasteiger partial charge in [-0.25, -0.2) is 8.42 Å². The third-order valence-corrected chi connectivity index (χ3v) is 4.54. The van der Waals surface area contributed by atoms with Crippen LogP contribution in [0.4, 0.5) is 0 Å². The van der Waals surface area contributed by atoms with E-state index in [-0.39, 0.29) is 17.7 Å². The molecule has 5 heteroatoms. The highest BCUT2D eigenvalue weighted by Crippen LogP contribution is 2.32. The lowest BCUT2D eigenvalue weighted by Crippen LogP contribution is -2.40. The van der Waals surface area contributed by atoms with Crippen molar-refractivity contribution in [3.63, 3.8) is 0 Å². The predicted molar refractivity (Wildman–Crippen MR) is 72.5 cm³/mol. The molecule has 1 aromatic heterocycles. The number of nitrogens with one attached hydrogen (secondary N) is 1. The van der Waals surface area contributed by atoms with Gasteiger partial charge in [-0.3, -0.25) is 4.98 Å². The van der Waals surface area contributed by atoms with E-state index in [4.69, 9.17) is 0 Å². The molecule has 2 rings (SSSR count). The maximum Gasteiger partial charge on any atom is 0.149 e. The van der Waals surface area contributed by atoms with E-state index in [1.807, 2.05) is 13.1 Å². The summed E-state index contributed by atoms with van der Waals surface area (Å²) < 4.78 is 23.0. The summed E-state index contributed by atoms with van der Waals surface area (Å²) in [6, 6.07) is 4.00. The lowest BCUT2D eigenvalue weighted by atomic mass is 9.82. The van der Waals surface area contributed by atoms with Gasteiger partial charge in [-0.1, -0.05) is 6.07 Å². The summed E-state index contributed by atoms with van der Waals surface area (Å²) in [5.41, 5.74) is 2.34. The first kappa shape index (κ1) is 13.5. The van der Waals surface area contributed by atoms with E-state index in [0.717, 1.165) is 25.0 Å². The molecule has 1 aliphatic carbocycles. The zero-order valence-corrected chi connectivity index (χ0v) is 11.7. The third kappa shape index (κ3) is 3.09. The number of aryl methyl sites for hydroxylation is 1. The van der Waals surface area contributed by atoms with Gasteiger partial charge in [-0.05, 0) is 37.9 Å². The number of rotatable bonds is 4. The van der Waals surface area contributed by atoms with Crippen LogP contribution in [-0.4, -0.2) is 38.5 Å². The molecule has 0 aliphatic heterocycles. The maximum absolute atomic E-state index is 11.5. The van der Waals surface area contributed by atoms with Crippen LogP contribution in [0.1, 0.15) is 30.0 Å². The largest absolute Gasteiger partial charge is 0.315 e. The SMILES string of the molecule is CNC(CS(C)(=O)=O)C1CCCc2cccnc21. The van der Waals surface area contributed by atoms with Gasteiger partial charge in [0.1, 0.15) is 9.84 Å². The summed E-state index contributed by atoms with van der Waals surface area (Å²) in [6.45, 7) is 0. The van der Waals surface area contributed by atoms with Gasteiger partial charge in [0.25, 0.3) is 0 Å². The second-order valence-electron chi connectivity index (χ2n) is 5.03. The summed E-state index contributed by atoms with van der Waals surface area (Å²) in [5, 5.41) is 3.15. The topological polar surface area (TPSA) is 59.1 Å². The Labute approximate surface area is 109 Å². The molecule has 0 spiro atoms. The van der Waals surface area contributed by atoms with Crippen molar-refractivity contribution in [1.29, 1.82) is 0 Å². The minimum absolute atomic E-state index is 0.0473. The van der Waals surface area contributed by atoms with E-state index >= 15 is 0 Å². The molecule has 0 saturated heterocycles. The second kappa shape index (κ2) is 5.36. The molecule has 1 aromatic rings. The second-order valence-corrected chi connectivity index (χ2v) is 7.22. The first-order chi connectivity index (χ1) is 8.51. The van der Waals surface area contributed by atoms with Crippen LogP contribution in [0.5, 0.6) is 0 Å². The molecular formula is C13H20N2O2S. The average Bonchev–Trinajstić information content (AvgIpc) is 2.34. The van der Waals surface area contributed by atoms with E-state index in [9.17, 15) is 8.42 Å². The number of hydrogen-bond donors (Lipinski definition) is 1. The van der Waals surface area contributed by atoms with Crippen molar-refractivity contribution in [1.82, 2.24) is 10.3 Å². The predicted octanol–water partition coefficient (Wildman–Crippen LogP) is 1.13. The number of aromatic nitrogens is 1. The molecule has 100 valence electrons. The minimum Gasteiger partial charge on any atom is -0.315 e. The van der Waals surface area contributed by atoms with Crippen LogP contribution in [0.25, 0.3) is 0 Å². The molecule has 18 heavy (non-hydrogen) atoms. The van der Waals surface area contributed by atoms with Crippen molar-refractivity contribution in [3.8, 4) is 0 Å². The van der Waals surface area contributed by atoms with Crippen LogP contribution in [0.15, 0.2) is 18.3 Å². The summed E-state index contributed by atoms with van der Waals surface area (Å²) >= 11 is 0. The molecule has 0 fully saturated rings. The Hall–Kier alpha value is -0.940. The Morgan fingerprint density at radius 2 is 2.33 bits per heavy atom. The van der Waals surface area contributed by atoms with Crippen LogP contribution >= 0.6 is 0 Å². The van der Waals surface area contributed by atoms with E-state index in [1.165, 1.54) is 11.8 Å². The number of hydrogen-bond acceptors (Lipinski definition) is 4. The van der Waals surface area contributed by atoms with Gasteiger partial charge in [0, 0.05) is 30.1 Å². The van der Waals surface area contributed by atoms with Crippen LogP contribution in [-0.2, 0) is 16.3 Å². The Kier molecular flexibility index (Phi) is 4.02. The molecule has 0 amide bonds. The van der Waals surface area contributed by atoms with Crippen LogP contribution in [0.3, 0.4) is 0 Å². The summed E-state index contributed by atoms with van der Waals surface area (Å²) in [7, 11) is -1.15. The molecule has 0 bridgehead atoms. The van der Waals surface area contributed by atoms with Gasteiger partial charge in [0.05, 0.1) is 5.75 Å². The molecule has 2 unspecified atom stereocenters. The van der Waals surface area contributed by atoms with Gasteiger partial charge in [-0.2, -0.15) is 0 Å². The molecule has 0 aromatic carbocycles. The van der Waals surface area contributed by atoms with Crippen molar-refractivity contribution >= 4 is 9.84 Å². The van der Waals surface area contributed by atoms with Crippen molar-refractivity contribution in [2.24, 2.45) is 0 Å². The molecule has 1 heterocycles. The summed E-state index contributed by atoms with van der Waals surface area (Å²) in [6.07, 6.45) is 6.25. The standard InChI is InChI=1S/C13H20N2O2S/c1-14-12(9-18(2,16)17)11-7-3-5-10-6-4-8-15-13(10)11/h4,6,8,11-12,14H,3,5,7,9H2,1-2H3. The molecule has 0 saturated carbocycles. The van der Waals surface area contributed by atoms with Gasteiger partial charge < -0.3 is 5.32 Å². The van der Waals surface area contributed by atoms with E-state index in [0.29, 0.717) is 0 Å². The smallest absolute Gasteiger partial charge is 0.149 e. The minimum atomic E-state index is -2.98. The third-order valence-electron chi connectivity index (χ3n) is 3.58. The van der Waals surface area contributed by atoms with Gasteiger partial charge in [0.15, 0.2) is 0 Å². The molecule has 2 atom stereocenters. The molecular weight excluding hydrogens is 248 g/mol. The number of nitrogens with zero attached hydrogens (tertiary/aromatic N) is 1. The number of pyridine rings is 1. The van der Waals surface area contributed by atoms with E-state index < -0.39 is 9.84 Å². The van der Waals surface area contributed by atoms with Crippen LogP contribution < -0.4 is 5.32 Å². The molecule has 0 radical (unpaired) electrons. The summed E-state index contributed by atoms with van der Waals surface area (Å²) in [5.74, 6) is 0.374. The van der Waals surface area contributed by atoms with Crippen molar-refractivity contribution in [2.45, 2.75) is 31.2 Å². The Morgan fingerprint density at radius 3 is 3.00 bits per heavy atom. The monoisotopic (exact) mass is 268 g/mol. The van der Waals surface area contributed by atoms with Crippen molar-refractivity contribution < 1.29 is 8.42 Å². The number of likely N-dealkylation sites (N-methyl/N-ethyl adjacent to an activating group) is 1. The summed E-state index contributed by atoms with van der Waals surface area (Å²) in [4.78, 5) is 4.46.